The standard InChI is InChI=1S/C13H20N2O2.2ClH/c1-2-11(15-7-5-14-6-8-15)10-3-4-12(16)13(17)9-10;;/h3-4,9,11,14,16-17H,2,5-8H2,1H3;2*1H/t11-;;/m0../s1. The summed E-state index contributed by atoms with van der Waals surface area (Å²) in [5.74, 6) is -0.0833. The maximum atomic E-state index is 9.56. The van der Waals surface area contributed by atoms with Crippen LogP contribution >= 0.6 is 24.8 Å². The Bertz CT molecular complexity index is 385. The van der Waals surface area contributed by atoms with Gasteiger partial charge in [0.05, 0.1) is 0 Å². The van der Waals surface area contributed by atoms with Gasteiger partial charge in [-0.25, -0.2) is 0 Å². The van der Waals surface area contributed by atoms with Crippen molar-refractivity contribution in [2.45, 2.75) is 19.4 Å². The second kappa shape index (κ2) is 8.48. The number of hydrogen-bond donors (Lipinski definition) is 3. The third-order valence-electron chi connectivity index (χ3n) is 3.36. The van der Waals surface area contributed by atoms with Crippen molar-refractivity contribution in [3.05, 3.63) is 23.8 Å². The van der Waals surface area contributed by atoms with E-state index in [9.17, 15) is 10.2 Å². The Morgan fingerprint density at radius 2 is 1.79 bits per heavy atom. The first kappa shape index (κ1) is 18.3. The summed E-state index contributed by atoms with van der Waals surface area (Å²) in [5.41, 5.74) is 1.07. The van der Waals surface area contributed by atoms with Crippen LogP contribution in [-0.2, 0) is 0 Å². The molecule has 1 aromatic rings. The number of piperazine rings is 1. The van der Waals surface area contributed by atoms with E-state index in [1.54, 1.807) is 12.1 Å². The first-order valence-corrected chi connectivity index (χ1v) is 6.19. The van der Waals surface area contributed by atoms with E-state index in [0.717, 1.165) is 38.2 Å². The largest absolute Gasteiger partial charge is 0.504 e. The zero-order valence-electron chi connectivity index (χ0n) is 11.0. The Morgan fingerprint density at radius 3 is 2.32 bits per heavy atom. The van der Waals surface area contributed by atoms with Crippen LogP contribution < -0.4 is 5.32 Å². The Labute approximate surface area is 126 Å². The molecule has 110 valence electrons. The normalized spacial score (nSPS) is 17.1. The highest BCUT2D eigenvalue weighted by Gasteiger charge is 2.21. The van der Waals surface area contributed by atoms with Gasteiger partial charge in [0, 0.05) is 32.2 Å². The minimum Gasteiger partial charge on any atom is -0.504 e. The molecule has 0 bridgehead atoms. The minimum atomic E-state index is -0.0519. The average Bonchev–Trinajstić information content (AvgIpc) is 2.36. The lowest BCUT2D eigenvalue weighted by molar-refractivity contribution is 0.169. The van der Waals surface area contributed by atoms with Crippen LogP contribution in [0.15, 0.2) is 18.2 Å². The van der Waals surface area contributed by atoms with E-state index in [1.165, 1.54) is 0 Å². The van der Waals surface area contributed by atoms with Crippen LogP contribution in [0.2, 0.25) is 0 Å². The fourth-order valence-corrected chi connectivity index (χ4v) is 2.45. The number of phenols is 2. The van der Waals surface area contributed by atoms with Crippen molar-refractivity contribution < 1.29 is 10.2 Å². The van der Waals surface area contributed by atoms with Crippen molar-refractivity contribution in [3.63, 3.8) is 0 Å². The zero-order valence-corrected chi connectivity index (χ0v) is 12.6. The number of nitrogens with zero attached hydrogens (tertiary/aromatic N) is 1. The number of nitrogens with one attached hydrogen (secondary N) is 1. The van der Waals surface area contributed by atoms with Gasteiger partial charge in [0.15, 0.2) is 11.5 Å². The highest BCUT2D eigenvalue weighted by Crippen LogP contribution is 2.31. The predicted molar refractivity (Wildman–Crippen MR) is 81.7 cm³/mol. The summed E-state index contributed by atoms with van der Waals surface area (Å²) < 4.78 is 0. The number of rotatable bonds is 3. The molecule has 1 atom stereocenters. The van der Waals surface area contributed by atoms with Gasteiger partial charge in [0.1, 0.15) is 0 Å². The van der Waals surface area contributed by atoms with Crippen LogP contribution in [0.3, 0.4) is 0 Å². The van der Waals surface area contributed by atoms with Gasteiger partial charge in [-0.15, -0.1) is 24.8 Å². The first-order valence-electron chi connectivity index (χ1n) is 6.19. The van der Waals surface area contributed by atoms with Gasteiger partial charge < -0.3 is 15.5 Å². The molecule has 1 aromatic carbocycles. The fourth-order valence-electron chi connectivity index (χ4n) is 2.45. The molecule has 2 rings (SSSR count). The SMILES string of the molecule is CC[C@@H](c1ccc(O)c(O)c1)N1CCNCC1.Cl.Cl. The van der Waals surface area contributed by atoms with Crippen molar-refractivity contribution in [2.75, 3.05) is 26.2 Å². The van der Waals surface area contributed by atoms with Gasteiger partial charge in [-0.2, -0.15) is 0 Å². The molecule has 4 nitrogen and oxygen atoms in total. The second-order valence-electron chi connectivity index (χ2n) is 4.46. The molecule has 1 aliphatic heterocycles. The minimum absolute atomic E-state index is 0. The number of aromatic hydroxyl groups is 2. The van der Waals surface area contributed by atoms with E-state index in [2.05, 4.69) is 17.1 Å². The molecular weight excluding hydrogens is 287 g/mol. The van der Waals surface area contributed by atoms with Gasteiger partial charge in [-0.1, -0.05) is 13.0 Å². The predicted octanol–water partition coefficient (Wildman–Crippen LogP) is 2.30. The molecule has 0 radical (unpaired) electrons. The Morgan fingerprint density at radius 1 is 1.16 bits per heavy atom. The molecule has 0 saturated carbocycles. The highest BCUT2D eigenvalue weighted by molar-refractivity contribution is 5.85. The van der Waals surface area contributed by atoms with E-state index in [1.807, 2.05) is 6.07 Å². The quantitative estimate of drug-likeness (QED) is 0.750. The summed E-state index contributed by atoms with van der Waals surface area (Å²) >= 11 is 0. The molecule has 1 aliphatic rings. The number of phenolic OH excluding ortho intramolecular Hbond substituents is 2. The van der Waals surface area contributed by atoms with Crippen LogP contribution in [0.5, 0.6) is 11.5 Å². The molecule has 0 unspecified atom stereocenters. The lowest BCUT2D eigenvalue weighted by Crippen LogP contribution is -2.45. The maximum Gasteiger partial charge on any atom is 0.157 e. The molecule has 1 saturated heterocycles. The van der Waals surface area contributed by atoms with E-state index < -0.39 is 0 Å². The second-order valence-corrected chi connectivity index (χ2v) is 4.46. The molecule has 1 fully saturated rings. The van der Waals surface area contributed by atoms with E-state index in [4.69, 9.17) is 0 Å². The van der Waals surface area contributed by atoms with Crippen molar-refractivity contribution in [2.24, 2.45) is 0 Å². The lowest BCUT2D eigenvalue weighted by Gasteiger charge is -2.34. The lowest BCUT2D eigenvalue weighted by atomic mass is 10.0. The van der Waals surface area contributed by atoms with E-state index >= 15 is 0 Å². The molecule has 0 spiro atoms. The van der Waals surface area contributed by atoms with Gasteiger partial charge in [0.25, 0.3) is 0 Å². The van der Waals surface area contributed by atoms with Gasteiger partial charge >= 0.3 is 0 Å². The van der Waals surface area contributed by atoms with Crippen molar-refractivity contribution in [3.8, 4) is 11.5 Å². The number of benzene rings is 1. The fraction of sp³-hybridized carbons (Fsp3) is 0.538. The summed E-state index contributed by atoms with van der Waals surface area (Å²) in [7, 11) is 0. The molecule has 0 aromatic heterocycles. The smallest absolute Gasteiger partial charge is 0.157 e. The summed E-state index contributed by atoms with van der Waals surface area (Å²) in [6, 6.07) is 5.45. The molecular formula is C13H22Cl2N2O2. The highest BCUT2D eigenvalue weighted by atomic mass is 35.5. The molecule has 3 N–H and O–H groups in total. The Hall–Kier alpha value is -0.680. The number of halogens is 2. The zero-order chi connectivity index (χ0) is 12.3. The van der Waals surface area contributed by atoms with Gasteiger partial charge in [-0.3, -0.25) is 4.90 Å². The summed E-state index contributed by atoms with van der Waals surface area (Å²) in [4.78, 5) is 2.42. The van der Waals surface area contributed by atoms with Crippen LogP contribution in [0, 0.1) is 0 Å². The summed E-state index contributed by atoms with van der Waals surface area (Å²) in [6.45, 7) is 6.23. The van der Waals surface area contributed by atoms with Gasteiger partial charge in [0.2, 0.25) is 0 Å². The topological polar surface area (TPSA) is 55.7 Å². The summed E-state index contributed by atoms with van der Waals surface area (Å²) in [5, 5.41) is 22.2. The third-order valence-corrected chi connectivity index (χ3v) is 3.36. The monoisotopic (exact) mass is 308 g/mol. The van der Waals surface area contributed by atoms with Crippen LogP contribution in [0.1, 0.15) is 24.9 Å². The van der Waals surface area contributed by atoms with Crippen LogP contribution in [0.4, 0.5) is 0 Å². The molecule has 0 aliphatic carbocycles. The number of hydrogen-bond acceptors (Lipinski definition) is 4. The first-order chi connectivity index (χ1) is 8.22. The van der Waals surface area contributed by atoms with E-state index in [-0.39, 0.29) is 36.3 Å². The van der Waals surface area contributed by atoms with E-state index in [0.29, 0.717) is 6.04 Å². The van der Waals surface area contributed by atoms with Gasteiger partial charge in [-0.05, 0) is 24.1 Å². The maximum absolute atomic E-state index is 9.56. The average molecular weight is 309 g/mol. The molecule has 1 heterocycles. The van der Waals surface area contributed by atoms with Crippen molar-refractivity contribution in [1.82, 2.24) is 10.2 Å². The van der Waals surface area contributed by atoms with Crippen LogP contribution in [0.25, 0.3) is 0 Å². The third kappa shape index (κ3) is 4.42. The molecule has 19 heavy (non-hydrogen) atoms. The Balaban J connectivity index is 0.00000162. The Kier molecular flexibility index (Phi) is 8.18. The van der Waals surface area contributed by atoms with Crippen LogP contribution in [-0.4, -0.2) is 41.3 Å². The molecule has 0 amide bonds. The van der Waals surface area contributed by atoms with Crippen molar-refractivity contribution >= 4 is 24.8 Å². The van der Waals surface area contributed by atoms with Crippen molar-refractivity contribution in [1.29, 1.82) is 0 Å². The summed E-state index contributed by atoms with van der Waals surface area (Å²) in [6.07, 6.45) is 1.00. The molecule has 6 heteroatoms.